The van der Waals surface area contributed by atoms with Gasteiger partial charge in [-0.05, 0) is 46.4 Å². The zero-order valence-corrected chi connectivity index (χ0v) is 14.0. The number of benzene rings is 2. The van der Waals surface area contributed by atoms with Gasteiger partial charge in [-0.15, -0.1) is 0 Å². The molecule has 1 aliphatic rings. The van der Waals surface area contributed by atoms with Crippen LogP contribution in [0.1, 0.15) is 28.7 Å². The number of hydrogen-bond acceptors (Lipinski definition) is 4. The first-order valence-electron chi connectivity index (χ1n) is 8.15. The lowest BCUT2D eigenvalue weighted by Gasteiger charge is -2.12. The quantitative estimate of drug-likeness (QED) is 0.874. The second kappa shape index (κ2) is 7.07. The average molecular weight is 330 g/mol. The van der Waals surface area contributed by atoms with Crippen LogP contribution in [0.4, 0.5) is 0 Å². The van der Waals surface area contributed by atoms with Crippen molar-refractivity contribution in [2.75, 3.05) is 7.05 Å². The van der Waals surface area contributed by atoms with Gasteiger partial charge in [0.25, 0.3) is 0 Å². The van der Waals surface area contributed by atoms with E-state index in [2.05, 4.69) is 29.7 Å². The Morgan fingerprint density at radius 2 is 1.96 bits per heavy atom. The van der Waals surface area contributed by atoms with E-state index in [1.165, 1.54) is 0 Å². The van der Waals surface area contributed by atoms with E-state index in [1.54, 1.807) is 24.1 Å². The van der Waals surface area contributed by atoms with Crippen molar-refractivity contribution >= 4 is 5.91 Å². The maximum absolute atomic E-state index is 11.5. The molecule has 2 aromatic rings. The van der Waals surface area contributed by atoms with Gasteiger partial charge in [-0.2, -0.15) is 10.5 Å². The number of nitriles is 2. The minimum atomic E-state index is 0.0130. The molecule has 0 saturated heterocycles. The van der Waals surface area contributed by atoms with Crippen LogP contribution in [-0.4, -0.2) is 17.9 Å². The number of aryl methyl sites for hydroxylation is 1. The van der Waals surface area contributed by atoms with E-state index in [9.17, 15) is 10.1 Å². The lowest BCUT2D eigenvalue weighted by molar-refractivity contribution is -0.120. The number of carbonyl (C=O) groups is 1. The highest BCUT2D eigenvalue weighted by Gasteiger charge is 2.22. The average Bonchev–Trinajstić information content (AvgIpc) is 3.08. The third-order valence-electron chi connectivity index (χ3n) is 4.50. The van der Waals surface area contributed by atoms with Crippen LogP contribution in [-0.2, 0) is 24.3 Å². The summed E-state index contributed by atoms with van der Waals surface area (Å²) < 4.78 is 0. The van der Waals surface area contributed by atoms with Crippen molar-refractivity contribution < 1.29 is 4.79 Å². The molecule has 25 heavy (non-hydrogen) atoms. The molecule has 0 aromatic heterocycles. The van der Waals surface area contributed by atoms with Crippen LogP contribution in [0.5, 0.6) is 0 Å². The minimum Gasteiger partial charge on any atom is -0.359 e. The number of carbonyl (C=O) groups excluding carboxylic acids is 1. The molecule has 0 radical (unpaired) electrons. The smallest absolute Gasteiger partial charge is 0.220 e. The summed E-state index contributed by atoms with van der Waals surface area (Å²) in [5, 5.41) is 20.9. The molecule has 0 saturated carbocycles. The van der Waals surface area contributed by atoms with Crippen LogP contribution in [0.2, 0.25) is 0 Å². The minimum absolute atomic E-state index is 0.0130. The van der Waals surface area contributed by atoms with Crippen molar-refractivity contribution in [1.29, 1.82) is 10.5 Å². The third kappa shape index (κ3) is 3.46. The summed E-state index contributed by atoms with van der Waals surface area (Å²) in [5.41, 5.74) is 6.09. The molecule has 5 nitrogen and oxygen atoms in total. The van der Waals surface area contributed by atoms with Gasteiger partial charge in [0.15, 0.2) is 6.19 Å². The molecule has 0 aliphatic carbocycles. The molecule has 1 amide bonds. The van der Waals surface area contributed by atoms with Crippen molar-refractivity contribution in [2.45, 2.75) is 25.9 Å². The van der Waals surface area contributed by atoms with Gasteiger partial charge in [0, 0.05) is 13.5 Å². The van der Waals surface area contributed by atoms with Gasteiger partial charge in [0.05, 0.1) is 24.7 Å². The maximum atomic E-state index is 11.5. The first-order chi connectivity index (χ1) is 12.1. The molecular weight excluding hydrogens is 312 g/mol. The van der Waals surface area contributed by atoms with Crippen molar-refractivity contribution in [3.05, 3.63) is 58.7 Å². The lowest BCUT2D eigenvalue weighted by atomic mass is 9.92. The normalized spacial score (nSPS) is 12.2. The van der Waals surface area contributed by atoms with Gasteiger partial charge >= 0.3 is 0 Å². The van der Waals surface area contributed by atoms with Crippen LogP contribution >= 0.6 is 0 Å². The number of hydrogen-bond donors (Lipinski definition) is 1. The molecule has 2 aromatic carbocycles. The summed E-state index contributed by atoms with van der Waals surface area (Å²) in [6.07, 6.45) is 3.30. The molecule has 124 valence electrons. The molecule has 1 heterocycles. The fourth-order valence-electron chi connectivity index (χ4n) is 3.16. The number of amides is 1. The zero-order valence-electron chi connectivity index (χ0n) is 14.0. The SMILES string of the molecule is CNC(=O)CCc1cc2c(c(-c3ccc(C#N)cc3)c1)CN(C#N)C2. The van der Waals surface area contributed by atoms with E-state index in [0.717, 1.165) is 27.8 Å². The van der Waals surface area contributed by atoms with Crippen LogP contribution < -0.4 is 5.32 Å². The summed E-state index contributed by atoms with van der Waals surface area (Å²) in [6, 6.07) is 13.8. The lowest BCUT2D eigenvalue weighted by Crippen LogP contribution is -2.18. The highest BCUT2D eigenvalue weighted by molar-refractivity contribution is 5.76. The standard InChI is InChI=1S/C20H18N4O/c1-23-20(25)7-4-15-8-17-11-24(13-22)12-19(17)18(9-15)16-5-2-14(10-21)3-6-16/h2-3,5-6,8-9H,4,7,11-12H2,1H3,(H,23,25). The van der Waals surface area contributed by atoms with Crippen molar-refractivity contribution in [3.8, 4) is 23.4 Å². The molecule has 1 N–H and O–H groups in total. The molecule has 0 atom stereocenters. The first-order valence-corrected chi connectivity index (χ1v) is 8.15. The Balaban J connectivity index is 2.00. The summed E-state index contributed by atoms with van der Waals surface area (Å²) in [5.74, 6) is 0.0130. The van der Waals surface area contributed by atoms with Crippen molar-refractivity contribution in [1.82, 2.24) is 10.2 Å². The number of nitrogens with zero attached hydrogens (tertiary/aromatic N) is 3. The summed E-state index contributed by atoms with van der Waals surface area (Å²) in [4.78, 5) is 13.3. The fourth-order valence-corrected chi connectivity index (χ4v) is 3.16. The molecule has 3 rings (SSSR count). The second-order valence-electron chi connectivity index (χ2n) is 6.10. The molecule has 0 unspecified atom stereocenters. The molecule has 0 bridgehead atoms. The van der Waals surface area contributed by atoms with Gasteiger partial charge in [-0.1, -0.05) is 24.3 Å². The van der Waals surface area contributed by atoms with Crippen LogP contribution in [0.3, 0.4) is 0 Å². The Morgan fingerprint density at radius 1 is 1.20 bits per heavy atom. The molecule has 5 heteroatoms. The third-order valence-corrected chi connectivity index (χ3v) is 4.50. The Kier molecular flexibility index (Phi) is 4.68. The number of rotatable bonds is 4. The zero-order chi connectivity index (χ0) is 17.8. The van der Waals surface area contributed by atoms with E-state index >= 15 is 0 Å². The Hall–Kier alpha value is -3.31. The Labute approximate surface area is 147 Å². The first kappa shape index (κ1) is 16.5. The predicted octanol–water partition coefficient (Wildman–Crippen LogP) is 2.70. The fraction of sp³-hybridized carbons (Fsp3) is 0.250. The maximum Gasteiger partial charge on any atom is 0.220 e. The highest BCUT2D eigenvalue weighted by Crippen LogP contribution is 2.34. The monoisotopic (exact) mass is 330 g/mol. The second-order valence-corrected chi connectivity index (χ2v) is 6.10. The van der Waals surface area contributed by atoms with Gasteiger partial charge in [-0.25, -0.2) is 0 Å². The summed E-state index contributed by atoms with van der Waals surface area (Å²) in [6.45, 7) is 1.19. The van der Waals surface area contributed by atoms with E-state index in [0.29, 0.717) is 31.5 Å². The molecule has 0 spiro atoms. The van der Waals surface area contributed by atoms with Gasteiger partial charge in [0.2, 0.25) is 5.91 Å². The topological polar surface area (TPSA) is 79.9 Å². The van der Waals surface area contributed by atoms with Crippen LogP contribution in [0.25, 0.3) is 11.1 Å². The van der Waals surface area contributed by atoms with Crippen molar-refractivity contribution in [2.24, 2.45) is 0 Å². The van der Waals surface area contributed by atoms with E-state index in [4.69, 9.17) is 5.26 Å². The van der Waals surface area contributed by atoms with E-state index in [1.807, 2.05) is 12.1 Å². The summed E-state index contributed by atoms with van der Waals surface area (Å²) >= 11 is 0. The van der Waals surface area contributed by atoms with Gasteiger partial charge in [0.1, 0.15) is 0 Å². The Bertz CT molecular complexity index is 888. The highest BCUT2D eigenvalue weighted by atomic mass is 16.1. The molecule has 1 aliphatic heterocycles. The van der Waals surface area contributed by atoms with Crippen LogP contribution in [0, 0.1) is 22.8 Å². The largest absolute Gasteiger partial charge is 0.359 e. The summed E-state index contributed by atoms with van der Waals surface area (Å²) in [7, 11) is 1.64. The Morgan fingerprint density at radius 3 is 2.60 bits per heavy atom. The van der Waals surface area contributed by atoms with E-state index < -0.39 is 0 Å². The van der Waals surface area contributed by atoms with Crippen LogP contribution in [0.15, 0.2) is 36.4 Å². The predicted molar refractivity (Wildman–Crippen MR) is 93.8 cm³/mol. The van der Waals surface area contributed by atoms with E-state index in [-0.39, 0.29) is 5.91 Å². The molecule has 0 fully saturated rings. The molecular formula is C20H18N4O. The van der Waals surface area contributed by atoms with Gasteiger partial charge < -0.3 is 10.2 Å². The van der Waals surface area contributed by atoms with Crippen molar-refractivity contribution in [3.63, 3.8) is 0 Å². The number of fused-ring (bicyclic) bond motifs is 1. The van der Waals surface area contributed by atoms with Gasteiger partial charge in [-0.3, -0.25) is 4.79 Å². The number of nitrogens with one attached hydrogen (secondary N) is 1.